The number of hydrogen-bond acceptors (Lipinski definition) is 4. The number of benzene rings is 1. The lowest BCUT2D eigenvalue weighted by molar-refractivity contribution is -0.117. The highest BCUT2D eigenvalue weighted by Gasteiger charge is 2.44. The second-order valence-corrected chi connectivity index (χ2v) is 5.81. The van der Waals surface area contributed by atoms with Gasteiger partial charge in [0.1, 0.15) is 12.3 Å². The minimum Gasteiger partial charge on any atom is -0.474 e. The van der Waals surface area contributed by atoms with Gasteiger partial charge in [0.05, 0.1) is 6.61 Å². The summed E-state index contributed by atoms with van der Waals surface area (Å²) in [6.45, 7) is 0.724. The molecule has 3 rings (SSSR count). The lowest BCUT2D eigenvalue weighted by Gasteiger charge is -2.11. The van der Waals surface area contributed by atoms with E-state index in [0.29, 0.717) is 36.8 Å². The molecule has 1 aromatic carbocycles. The van der Waals surface area contributed by atoms with Gasteiger partial charge < -0.3 is 14.8 Å². The normalized spacial score (nSPS) is 18.7. The van der Waals surface area contributed by atoms with Crippen molar-refractivity contribution in [2.75, 3.05) is 25.6 Å². The number of rotatable bonds is 7. The summed E-state index contributed by atoms with van der Waals surface area (Å²) in [5.41, 5.74) is 1.10. The molecule has 1 heterocycles. The van der Waals surface area contributed by atoms with Gasteiger partial charge in [-0.05, 0) is 42.2 Å². The van der Waals surface area contributed by atoms with Crippen molar-refractivity contribution in [2.45, 2.75) is 12.3 Å². The molecule has 0 saturated heterocycles. The number of amides is 1. The standard InChI is InChI=1S/C18H18F2N2O3/c1-24-7-8-25-18-16(3-2-6-21-18)22-17(23)13-10-12(13)11-4-5-14(19)15(20)9-11/h2-6,9,12-13H,7-8,10H2,1H3,(H,22,23)/t12-,13-/m0/s1. The van der Waals surface area contributed by atoms with E-state index >= 15 is 0 Å². The van der Waals surface area contributed by atoms with Crippen molar-refractivity contribution in [2.24, 2.45) is 5.92 Å². The number of carbonyl (C=O) groups is 1. The number of methoxy groups -OCH3 is 1. The number of ether oxygens (including phenoxy) is 2. The molecule has 25 heavy (non-hydrogen) atoms. The molecule has 0 spiro atoms. The highest BCUT2D eigenvalue weighted by Crippen LogP contribution is 2.48. The number of carbonyl (C=O) groups excluding carboxylic acids is 1. The van der Waals surface area contributed by atoms with E-state index in [0.717, 1.165) is 12.1 Å². The molecule has 132 valence electrons. The number of nitrogens with one attached hydrogen (secondary N) is 1. The minimum atomic E-state index is -0.898. The quantitative estimate of drug-likeness (QED) is 0.781. The van der Waals surface area contributed by atoms with Gasteiger partial charge >= 0.3 is 0 Å². The van der Waals surface area contributed by atoms with E-state index in [4.69, 9.17) is 9.47 Å². The molecule has 2 aromatic rings. The van der Waals surface area contributed by atoms with Crippen molar-refractivity contribution < 1.29 is 23.0 Å². The molecule has 0 radical (unpaired) electrons. The van der Waals surface area contributed by atoms with Crippen LogP contribution in [0.15, 0.2) is 36.5 Å². The van der Waals surface area contributed by atoms with Crippen LogP contribution in [0.3, 0.4) is 0 Å². The first-order chi connectivity index (χ1) is 12.1. The molecule has 0 bridgehead atoms. The van der Waals surface area contributed by atoms with Crippen LogP contribution in [0, 0.1) is 17.6 Å². The maximum absolute atomic E-state index is 13.3. The smallest absolute Gasteiger partial charge is 0.237 e. The van der Waals surface area contributed by atoms with E-state index < -0.39 is 11.6 Å². The maximum Gasteiger partial charge on any atom is 0.237 e. The predicted octanol–water partition coefficient (Wildman–Crippen LogP) is 3.13. The molecular formula is C18H18F2N2O3. The first-order valence-electron chi connectivity index (χ1n) is 7.92. The largest absolute Gasteiger partial charge is 0.474 e. The minimum absolute atomic E-state index is 0.107. The lowest BCUT2D eigenvalue weighted by atomic mass is 10.1. The third-order valence-corrected chi connectivity index (χ3v) is 4.05. The molecule has 1 saturated carbocycles. The Balaban J connectivity index is 1.63. The zero-order chi connectivity index (χ0) is 17.8. The van der Waals surface area contributed by atoms with E-state index in [1.54, 1.807) is 25.4 Å². The van der Waals surface area contributed by atoms with Crippen LogP contribution in [0.1, 0.15) is 17.9 Å². The molecule has 1 aliphatic carbocycles. The maximum atomic E-state index is 13.3. The third-order valence-electron chi connectivity index (χ3n) is 4.05. The molecule has 1 N–H and O–H groups in total. The van der Waals surface area contributed by atoms with E-state index in [2.05, 4.69) is 10.3 Å². The fraction of sp³-hybridized carbons (Fsp3) is 0.333. The lowest BCUT2D eigenvalue weighted by Crippen LogP contribution is -2.16. The van der Waals surface area contributed by atoms with Crippen LogP contribution in [0.25, 0.3) is 0 Å². The Morgan fingerprint density at radius 3 is 2.88 bits per heavy atom. The van der Waals surface area contributed by atoms with E-state index in [1.807, 2.05) is 0 Å². The topological polar surface area (TPSA) is 60.5 Å². The monoisotopic (exact) mass is 348 g/mol. The van der Waals surface area contributed by atoms with E-state index in [-0.39, 0.29) is 17.7 Å². The van der Waals surface area contributed by atoms with Gasteiger partial charge in [-0.25, -0.2) is 13.8 Å². The predicted molar refractivity (Wildman–Crippen MR) is 87.4 cm³/mol. The molecular weight excluding hydrogens is 330 g/mol. The fourth-order valence-corrected chi connectivity index (χ4v) is 2.64. The first-order valence-corrected chi connectivity index (χ1v) is 7.92. The Kier molecular flexibility index (Phi) is 5.23. The molecule has 7 heteroatoms. The number of halogens is 2. The molecule has 1 amide bonds. The van der Waals surface area contributed by atoms with Gasteiger partial charge in [0.15, 0.2) is 11.6 Å². The van der Waals surface area contributed by atoms with E-state index in [1.165, 1.54) is 6.07 Å². The number of pyridine rings is 1. The third kappa shape index (κ3) is 4.11. The van der Waals surface area contributed by atoms with Crippen molar-refractivity contribution in [1.82, 2.24) is 4.98 Å². The molecule has 1 aromatic heterocycles. The van der Waals surface area contributed by atoms with Crippen molar-refractivity contribution in [3.63, 3.8) is 0 Å². The van der Waals surface area contributed by atoms with Crippen molar-refractivity contribution in [3.8, 4) is 5.88 Å². The second kappa shape index (κ2) is 7.57. The number of aromatic nitrogens is 1. The molecule has 1 aliphatic rings. The summed E-state index contributed by atoms with van der Waals surface area (Å²) in [4.78, 5) is 16.5. The summed E-state index contributed by atoms with van der Waals surface area (Å²) in [7, 11) is 1.57. The molecule has 1 fully saturated rings. The number of hydrogen-bond donors (Lipinski definition) is 1. The van der Waals surface area contributed by atoms with Gasteiger partial charge in [-0.15, -0.1) is 0 Å². The Bertz CT molecular complexity index is 770. The van der Waals surface area contributed by atoms with Gasteiger partial charge in [0, 0.05) is 19.2 Å². The summed E-state index contributed by atoms with van der Waals surface area (Å²) in [6, 6.07) is 7.14. The number of nitrogens with zero attached hydrogens (tertiary/aromatic N) is 1. The van der Waals surface area contributed by atoms with Crippen molar-refractivity contribution in [3.05, 3.63) is 53.7 Å². The van der Waals surface area contributed by atoms with Gasteiger partial charge in [-0.2, -0.15) is 0 Å². The fourth-order valence-electron chi connectivity index (χ4n) is 2.64. The summed E-state index contributed by atoms with van der Waals surface area (Å²) >= 11 is 0. The van der Waals surface area contributed by atoms with Crippen molar-refractivity contribution >= 4 is 11.6 Å². The van der Waals surface area contributed by atoms with Crippen LogP contribution >= 0.6 is 0 Å². The number of anilines is 1. The molecule has 0 unspecified atom stereocenters. The zero-order valence-electron chi connectivity index (χ0n) is 13.7. The van der Waals surface area contributed by atoms with Crippen LogP contribution in [0.5, 0.6) is 5.88 Å². The highest BCUT2D eigenvalue weighted by molar-refractivity contribution is 5.96. The van der Waals surface area contributed by atoms with Gasteiger partial charge in [-0.1, -0.05) is 6.07 Å². The average molecular weight is 348 g/mol. The van der Waals surface area contributed by atoms with Crippen LogP contribution < -0.4 is 10.1 Å². The molecule has 0 aliphatic heterocycles. The highest BCUT2D eigenvalue weighted by atomic mass is 19.2. The summed E-state index contributed by atoms with van der Waals surface area (Å²) < 4.78 is 36.7. The van der Waals surface area contributed by atoms with E-state index in [9.17, 15) is 13.6 Å². The summed E-state index contributed by atoms with van der Waals surface area (Å²) in [6.07, 6.45) is 2.16. The van der Waals surface area contributed by atoms with Crippen LogP contribution in [0.4, 0.5) is 14.5 Å². The van der Waals surface area contributed by atoms with Gasteiger partial charge in [0.25, 0.3) is 0 Å². The van der Waals surface area contributed by atoms with Gasteiger partial charge in [-0.3, -0.25) is 4.79 Å². The van der Waals surface area contributed by atoms with Crippen LogP contribution in [0.2, 0.25) is 0 Å². The van der Waals surface area contributed by atoms with Crippen LogP contribution in [-0.2, 0) is 9.53 Å². The molecule has 5 nitrogen and oxygen atoms in total. The molecule has 2 atom stereocenters. The average Bonchev–Trinajstić information content (AvgIpc) is 3.40. The zero-order valence-corrected chi connectivity index (χ0v) is 13.7. The second-order valence-electron chi connectivity index (χ2n) is 5.81. The van der Waals surface area contributed by atoms with Crippen molar-refractivity contribution in [1.29, 1.82) is 0 Å². The van der Waals surface area contributed by atoms with Gasteiger partial charge in [0.2, 0.25) is 11.8 Å². The summed E-state index contributed by atoms with van der Waals surface area (Å²) in [5, 5.41) is 2.79. The Morgan fingerprint density at radius 2 is 2.12 bits per heavy atom. The Hall–Kier alpha value is -2.54. The summed E-state index contributed by atoms with van der Waals surface area (Å²) in [5.74, 6) is -2.05. The van der Waals surface area contributed by atoms with Crippen LogP contribution in [-0.4, -0.2) is 31.2 Å². The Morgan fingerprint density at radius 1 is 1.28 bits per heavy atom. The SMILES string of the molecule is COCCOc1ncccc1NC(=O)[C@H]1C[C@H]1c1ccc(F)c(F)c1. The first kappa shape index (κ1) is 17.3. The Labute approximate surface area is 144 Å².